The van der Waals surface area contributed by atoms with Crippen LogP contribution in [0.2, 0.25) is 0 Å². The minimum atomic E-state index is 0.135. The lowest BCUT2D eigenvalue weighted by Gasteiger charge is -2.09. The van der Waals surface area contributed by atoms with Crippen molar-refractivity contribution in [3.8, 4) is 0 Å². The van der Waals surface area contributed by atoms with E-state index in [0.29, 0.717) is 5.96 Å². The molecule has 1 heterocycles. The molecule has 0 radical (unpaired) electrons. The summed E-state index contributed by atoms with van der Waals surface area (Å²) in [6.07, 6.45) is 3.47. The summed E-state index contributed by atoms with van der Waals surface area (Å²) in [5.74, 6) is 0.456. The van der Waals surface area contributed by atoms with Crippen LogP contribution in [0.1, 0.15) is 0 Å². The molecule has 6 heteroatoms. The van der Waals surface area contributed by atoms with E-state index >= 15 is 0 Å². The highest BCUT2D eigenvalue weighted by molar-refractivity contribution is 5.94. The molecule has 1 rings (SSSR count). The number of nitrogens with two attached hydrogens (primary N) is 2. The van der Waals surface area contributed by atoms with Crippen molar-refractivity contribution in [2.45, 2.75) is 0 Å². The molecule has 5 N–H and O–H groups in total. The third-order valence-electron chi connectivity index (χ3n) is 1.51. The number of H-pyrrole nitrogens is 1. The van der Waals surface area contributed by atoms with Crippen molar-refractivity contribution in [2.75, 3.05) is 14.1 Å². The Balaban J connectivity index is 2.76. The highest BCUT2D eigenvalue weighted by atomic mass is 15.2. The molecule has 1 aromatic heterocycles. The molecule has 0 atom stereocenters. The molecule has 0 aliphatic carbocycles. The van der Waals surface area contributed by atoms with Gasteiger partial charge in [-0.25, -0.2) is 4.99 Å². The van der Waals surface area contributed by atoms with Gasteiger partial charge in [0.05, 0.1) is 5.69 Å². The number of nitrogens with zero attached hydrogens (tertiary/aromatic N) is 3. The number of aromatic nitrogens is 1. The van der Waals surface area contributed by atoms with Gasteiger partial charge in [0.15, 0.2) is 5.96 Å². The van der Waals surface area contributed by atoms with Crippen LogP contribution in [0.3, 0.4) is 0 Å². The summed E-state index contributed by atoms with van der Waals surface area (Å²) in [5, 5.41) is 0. The highest BCUT2D eigenvalue weighted by Crippen LogP contribution is 2.07. The summed E-state index contributed by atoms with van der Waals surface area (Å²) in [4.78, 5) is 12.4. The summed E-state index contributed by atoms with van der Waals surface area (Å²) < 4.78 is 0. The molecule has 0 saturated heterocycles. The average Bonchev–Trinajstić information content (AvgIpc) is 2.56. The van der Waals surface area contributed by atoms with Crippen LogP contribution in [-0.4, -0.2) is 35.9 Å². The van der Waals surface area contributed by atoms with Crippen LogP contribution >= 0.6 is 0 Å². The molecule has 0 fully saturated rings. The number of hydrogen-bond acceptors (Lipinski definition) is 1. The molecule has 0 bridgehead atoms. The number of aliphatic imine (C=N–C) groups is 2. The third kappa shape index (κ3) is 2.81. The smallest absolute Gasteiger partial charge is 0.223 e. The second kappa shape index (κ2) is 4.31. The summed E-state index contributed by atoms with van der Waals surface area (Å²) in [7, 11) is 3.56. The maximum atomic E-state index is 5.55. The zero-order chi connectivity index (χ0) is 10.6. The molecule has 0 aliphatic heterocycles. The largest absolute Gasteiger partial charge is 0.369 e. The van der Waals surface area contributed by atoms with Gasteiger partial charge in [-0.15, -0.1) is 0 Å². The zero-order valence-corrected chi connectivity index (χ0v) is 8.23. The monoisotopic (exact) mass is 194 g/mol. The predicted molar refractivity (Wildman–Crippen MR) is 57.4 cm³/mol. The second-order valence-electron chi connectivity index (χ2n) is 2.90. The van der Waals surface area contributed by atoms with E-state index < -0.39 is 0 Å². The Morgan fingerprint density at radius 3 is 2.64 bits per heavy atom. The third-order valence-corrected chi connectivity index (χ3v) is 1.51. The van der Waals surface area contributed by atoms with Crippen molar-refractivity contribution in [1.82, 2.24) is 9.88 Å². The van der Waals surface area contributed by atoms with Crippen LogP contribution in [-0.2, 0) is 0 Å². The van der Waals surface area contributed by atoms with E-state index in [2.05, 4.69) is 15.0 Å². The van der Waals surface area contributed by atoms with Gasteiger partial charge in [-0.05, 0) is 6.07 Å². The quantitative estimate of drug-likeness (QED) is 0.428. The first-order chi connectivity index (χ1) is 6.59. The SMILES string of the molecule is CN(C)C(N)=NC(N)=Nc1cc[nH]c1. The van der Waals surface area contributed by atoms with E-state index in [-0.39, 0.29) is 5.96 Å². The molecule has 0 unspecified atom stereocenters. The Hall–Kier alpha value is -1.98. The number of aromatic amines is 1. The fourth-order valence-corrected chi connectivity index (χ4v) is 0.759. The second-order valence-corrected chi connectivity index (χ2v) is 2.90. The lowest BCUT2D eigenvalue weighted by molar-refractivity contribution is 0.615. The first-order valence-electron chi connectivity index (χ1n) is 4.08. The molecule has 6 nitrogen and oxygen atoms in total. The van der Waals surface area contributed by atoms with Gasteiger partial charge in [-0.2, -0.15) is 4.99 Å². The number of hydrogen-bond donors (Lipinski definition) is 3. The van der Waals surface area contributed by atoms with Crippen molar-refractivity contribution in [3.63, 3.8) is 0 Å². The van der Waals surface area contributed by atoms with Gasteiger partial charge >= 0.3 is 0 Å². The van der Waals surface area contributed by atoms with Crippen LogP contribution < -0.4 is 11.5 Å². The molecule has 0 aliphatic rings. The van der Waals surface area contributed by atoms with Crippen LogP contribution in [0.25, 0.3) is 0 Å². The summed E-state index contributed by atoms with van der Waals surface area (Å²) in [6.45, 7) is 0. The molecule has 76 valence electrons. The van der Waals surface area contributed by atoms with Crippen molar-refractivity contribution in [1.29, 1.82) is 0 Å². The predicted octanol–water partition coefficient (Wildman–Crippen LogP) is -0.163. The van der Waals surface area contributed by atoms with E-state index in [9.17, 15) is 0 Å². The van der Waals surface area contributed by atoms with Gasteiger partial charge in [0.1, 0.15) is 0 Å². The van der Waals surface area contributed by atoms with Crippen molar-refractivity contribution in [2.24, 2.45) is 21.5 Å². The average molecular weight is 194 g/mol. The minimum absolute atomic E-state index is 0.135. The maximum Gasteiger partial charge on any atom is 0.223 e. The van der Waals surface area contributed by atoms with Gasteiger partial charge in [0, 0.05) is 26.5 Å². The highest BCUT2D eigenvalue weighted by Gasteiger charge is 1.96. The van der Waals surface area contributed by atoms with Gasteiger partial charge < -0.3 is 21.4 Å². The number of nitrogens with one attached hydrogen (secondary N) is 1. The maximum absolute atomic E-state index is 5.55. The molecule has 0 spiro atoms. The Morgan fingerprint density at radius 1 is 1.43 bits per heavy atom. The summed E-state index contributed by atoms with van der Waals surface area (Å²) in [5.41, 5.74) is 11.8. The van der Waals surface area contributed by atoms with E-state index in [4.69, 9.17) is 11.5 Å². The summed E-state index contributed by atoms with van der Waals surface area (Å²) >= 11 is 0. The molecular weight excluding hydrogens is 180 g/mol. The van der Waals surface area contributed by atoms with Gasteiger partial charge in [0.2, 0.25) is 5.96 Å². The van der Waals surface area contributed by atoms with Crippen molar-refractivity contribution in [3.05, 3.63) is 18.5 Å². The molecule has 0 aromatic carbocycles. The van der Waals surface area contributed by atoms with E-state index in [1.165, 1.54) is 0 Å². The van der Waals surface area contributed by atoms with Crippen LogP contribution in [0, 0.1) is 0 Å². The van der Waals surface area contributed by atoms with Crippen molar-refractivity contribution >= 4 is 17.6 Å². The lowest BCUT2D eigenvalue weighted by Crippen LogP contribution is -2.32. The topological polar surface area (TPSA) is 95.8 Å². The standard InChI is InChI=1S/C8H14N6/c1-14(2)8(10)13-7(9)12-6-3-4-11-5-6/h3-5,11H,1-2H3,(H4,9,10,12,13). The molecule has 0 saturated carbocycles. The fraction of sp³-hybridized carbons (Fsp3) is 0.250. The van der Waals surface area contributed by atoms with Gasteiger partial charge in [-0.1, -0.05) is 0 Å². The van der Waals surface area contributed by atoms with Crippen molar-refractivity contribution < 1.29 is 0 Å². The van der Waals surface area contributed by atoms with Crippen LogP contribution in [0.15, 0.2) is 28.4 Å². The first kappa shape index (κ1) is 10.1. The Kier molecular flexibility index (Phi) is 3.11. The molecule has 1 aromatic rings. The molecule has 14 heavy (non-hydrogen) atoms. The molecular formula is C8H14N6. The Labute approximate surface area is 82.3 Å². The lowest BCUT2D eigenvalue weighted by atomic mass is 10.5. The van der Waals surface area contributed by atoms with E-state index in [1.54, 1.807) is 37.5 Å². The number of rotatable bonds is 1. The molecule has 0 amide bonds. The van der Waals surface area contributed by atoms with Crippen LogP contribution in [0.5, 0.6) is 0 Å². The van der Waals surface area contributed by atoms with E-state index in [1.807, 2.05) is 0 Å². The fourth-order valence-electron chi connectivity index (χ4n) is 0.759. The van der Waals surface area contributed by atoms with Gasteiger partial charge in [-0.3, -0.25) is 0 Å². The van der Waals surface area contributed by atoms with E-state index in [0.717, 1.165) is 5.69 Å². The zero-order valence-electron chi connectivity index (χ0n) is 8.23. The Morgan fingerprint density at radius 2 is 2.14 bits per heavy atom. The Bertz CT molecular complexity index is 335. The minimum Gasteiger partial charge on any atom is -0.369 e. The summed E-state index contributed by atoms with van der Waals surface area (Å²) in [6, 6.07) is 1.79. The van der Waals surface area contributed by atoms with Gasteiger partial charge in [0.25, 0.3) is 0 Å². The first-order valence-corrected chi connectivity index (χ1v) is 4.08. The normalized spacial score (nSPS) is 13.0. The van der Waals surface area contributed by atoms with Crippen LogP contribution in [0.4, 0.5) is 5.69 Å². The number of guanidine groups is 2.